The molecule has 9 heteroatoms. The van der Waals surface area contributed by atoms with Gasteiger partial charge in [0.2, 0.25) is 0 Å². The summed E-state index contributed by atoms with van der Waals surface area (Å²) < 4.78 is 7.17. The van der Waals surface area contributed by atoms with E-state index >= 15 is 0 Å². The highest BCUT2D eigenvalue weighted by Crippen LogP contribution is 2.37. The molecule has 1 N–H and O–H groups in total. The topological polar surface area (TPSA) is 108 Å². The molecule has 0 spiro atoms. The normalized spacial score (nSPS) is 13.7. The highest BCUT2D eigenvalue weighted by Gasteiger charge is 2.30. The quantitative estimate of drug-likeness (QED) is 0.352. The number of rotatable bonds is 8. The van der Waals surface area contributed by atoms with E-state index in [1.54, 1.807) is 11.8 Å². The van der Waals surface area contributed by atoms with Gasteiger partial charge in [-0.2, -0.15) is 0 Å². The van der Waals surface area contributed by atoms with E-state index in [4.69, 9.17) is 4.74 Å². The maximum Gasteiger partial charge on any atom is 0.306 e. The molecule has 5 rings (SSSR count). The zero-order chi connectivity index (χ0) is 27.5. The molecule has 1 unspecified atom stereocenters. The Morgan fingerprint density at radius 2 is 1.90 bits per heavy atom. The van der Waals surface area contributed by atoms with Crippen LogP contribution in [0.5, 0.6) is 0 Å². The molecule has 0 saturated heterocycles. The standard InChI is InChI=1S/C30H31N5O4/c1-4-35-27-12-11-23(19(3)29(27)31-33-35)25(17-28(36)39-5-2)21-15-22-18-34(14-13-24(22)26(16-21)32-38)30(37)20-9-7-6-8-10-20/h6-12,15-16,25H,4-5,13-14,17-18H2,1-3H3/p+1. The lowest BCUT2D eigenvalue weighted by Gasteiger charge is -2.30. The molecule has 200 valence electrons. The van der Waals surface area contributed by atoms with Crippen molar-refractivity contribution in [3.05, 3.63) is 92.9 Å². The number of carbonyl (C=O) groups is 2. The Balaban J connectivity index is 1.58. The highest BCUT2D eigenvalue weighted by atomic mass is 16.5. The third kappa shape index (κ3) is 5.04. The molecule has 1 aliphatic heterocycles. The van der Waals surface area contributed by atoms with Gasteiger partial charge >= 0.3 is 5.97 Å². The van der Waals surface area contributed by atoms with Gasteiger partial charge in [-0.15, -0.1) is 5.10 Å². The van der Waals surface area contributed by atoms with E-state index in [0.29, 0.717) is 37.3 Å². The average Bonchev–Trinajstić information content (AvgIpc) is 3.40. The van der Waals surface area contributed by atoms with Crippen LogP contribution in [0.1, 0.15) is 64.4 Å². The van der Waals surface area contributed by atoms with Gasteiger partial charge in [0.25, 0.3) is 11.6 Å². The summed E-state index contributed by atoms with van der Waals surface area (Å²) in [5.74, 6) is -0.751. The van der Waals surface area contributed by atoms with Crippen molar-refractivity contribution in [2.24, 2.45) is 0 Å². The SMILES string of the molecule is CCOC(=O)CC(c1cc2c(c([NH+]=O)c1)CCN(C(=O)c1ccccc1)C2)c1ccc2c(nnn2CC)c1C. The molecule has 9 nitrogen and oxygen atoms in total. The van der Waals surface area contributed by atoms with Crippen LogP contribution >= 0.6 is 0 Å². The molecular formula is C30H32N5O4+. The van der Waals surface area contributed by atoms with Gasteiger partial charge in [-0.25, -0.2) is 4.68 Å². The molecule has 3 aromatic carbocycles. The van der Waals surface area contributed by atoms with Crippen molar-refractivity contribution in [1.29, 1.82) is 0 Å². The molecule has 1 amide bonds. The van der Waals surface area contributed by atoms with Crippen molar-refractivity contribution < 1.29 is 19.5 Å². The first-order valence-electron chi connectivity index (χ1n) is 13.3. The van der Waals surface area contributed by atoms with Gasteiger partial charge in [0.15, 0.2) is 0 Å². The monoisotopic (exact) mass is 526 g/mol. The summed E-state index contributed by atoms with van der Waals surface area (Å²) in [7, 11) is 0. The number of hydrogen-bond acceptors (Lipinski definition) is 6. The lowest BCUT2D eigenvalue weighted by molar-refractivity contribution is -0.380. The molecule has 0 bridgehead atoms. The number of esters is 1. The summed E-state index contributed by atoms with van der Waals surface area (Å²) in [6.45, 7) is 7.65. The number of ether oxygens (including phenoxy) is 1. The largest absolute Gasteiger partial charge is 0.466 e. The summed E-state index contributed by atoms with van der Waals surface area (Å²) in [6, 6.07) is 17.0. The first-order valence-corrected chi connectivity index (χ1v) is 13.3. The molecule has 2 heterocycles. The van der Waals surface area contributed by atoms with Crippen molar-refractivity contribution in [3.8, 4) is 0 Å². The van der Waals surface area contributed by atoms with E-state index in [2.05, 4.69) is 15.5 Å². The predicted molar refractivity (Wildman–Crippen MR) is 146 cm³/mol. The fourth-order valence-electron chi connectivity index (χ4n) is 5.54. The fourth-order valence-corrected chi connectivity index (χ4v) is 5.54. The molecular weight excluding hydrogens is 494 g/mol. The van der Waals surface area contributed by atoms with Crippen LogP contribution in [0.15, 0.2) is 54.6 Å². The van der Waals surface area contributed by atoms with Crippen LogP contribution in [-0.2, 0) is 29.0 Å². The second-order valence-corrected chi connectivity index (χ2v) is 9.77. The Bertz CT molecular complexity index is 1550. The molecule has 1 aliphatic rings. The number of carbonyl (C=O) groups excluding carboxylic acids is 2. The number of aromatic nitrogens is 3. The van der Waals surface area contributed by atoms with Crippen LogP contribution in [0.3, 0.4) is 0 Å². The third-order valence-electron chi connectivity index (χ3n) is 7.51. The first-order chi connectivity index (χ1) is 18.9. The summed E-state index contributed by atoms with van der Waals surface area (Å²) in [5, 5.41) is 10.8. The molecule has 39 heavy (non-hydrogen) atoms. The summed E-state index contributed by atoms with van der Waals surface area (Å²) in [6.07, 6.45) is 0.665. The lowest BCUT2D eigenvalue weighted by atomic mass is 9.83. The molecule has 0 saturated carbocycles. The minimum Gasteiger partial charge on any atom is -0.466 e. The molecule has 0 aliphatic carbocycles. The van der Waals surface area contributed by atoms with Crippen LogP contribution in [0.4, 0.5) is 5.69 Å². The van der Waals surface area contributed by atoms with Crippen LogP contribution in [-0.4, -0.2) is 44.9 Å². The van der Waals surface area contributed by atoms with Crippen LogP contribution in [0.2, 0.25) is 0 Å². The van der Waals surface area contributed by atoms with Crippen LogP contribution in [0, 0.1) is 11.8 Å². The van der Waals surface area contributed by atoms with E-state index in [0.717, 1.165) is 38.9 Å². The van der Waals surface area contributed by atoms with E-state index in [-0.39, 0.29) is 30.8 Å². The number of nitroso groups, excluding NO2 is 1. The Morgan fingerprint density at radius 1 is 1.10 bits per heavy atom. The van der Waals surface area contributed by atoms with Crippen molar-refractivity contribution >= 4 is 28.6 Å². The van der Waals surface area contributed by atoms with Gasteiger partial charge < -0.3 is 9.64 Å². The number of benzene rings is 3. The van der Waals surface area contributed by atoms with Gasteiger partial charge in [-0.05, 0) is 67.6 Å². The van der Waals surface area contributed by atoms with Crippen LogP contribution < -0.4 is 5.18 Å². The Labute approximate surface area is 226 Å². The van der Waals surface area contributed by atoms with Gasteiger partial charge in [0.1, 0.15) is 5.52 Å². The highest BCUT2D eigenvalue weighted by molar-refractivity contribution is 5.94. The predicted octanol–water partition coefficient (Wildman–Crippen LogP) is 3.52. The summed E-state index contributed by atoms with van der Waals surface area (Å²) in [5.41, 5.74) is 7.26. The second kappa shape index (κ2) is 11.1. The summed E-state index contributed by atoms with van der Waals surface area (Å²) in [4.78, 5) is 39.9. The summed E-state index contributed by atoms with van der Waals surface area (Å²) >= 11 is 0. The zero-order valence-corrected chi connectivity index (χ0v) is 22.4. The van der Waals surface area contributed by atoms with Crippen LogP contribution in [0.25, 0.3) is 11.0 Å². The molecule has 0 fully saturated rings. The van der Waals surface area contributed by atoms with E-state index in [1.807, 2.05) is 73.1 Å². The number of amides is 1. The number of fused-ring (bicyclic) bond motifs is 2. The van der Waals surface area contributed by atoms with Crippen molar-refractivity contribution in [1.82, 2.24) is 19.9 Å². The molecule has 1 aromatic heterocycles. The Morgan fingerprint density at radius 3 is 2.62 bits per heavy atom. The third-order valence-corrected chi connectivity index (χ3v) is 7.51. The molecule has 1 atom stereocenters. The van der Waals surface area contributed by atoms with Crippen molar-refractivity contribution in [3.63, 3.8) is 0 Å². The smallest absolute Gasteiger partial charge is 0.306 e. The number of nitrogens with one attached hydrogen (secondary N) is 1. The van der Waals surface area contributed by atoms with E-state index in [9.17, 15) is 14.5 Å². The molecule has 4 aromatic rings. The van der Waals surface area contributed by atoms with Gasteiger partial charge in [-0.3, -0.25) is 9.59 Å². The van der Waals surface area contributed by atoms with Crippen molar-refractivity contribution in [2.45, 2.75) is 52.6 Å². The minimum absolute atomic E-state index is 0.0494. The van der Waals surface area contributed by atoms with E-state index in [1.165, 1.54) is 0 Å². The van der Waals surface area contributed by atoms with Gasteiger partial charge in [0, 0.05) is 52.8 Å². The molecule has 0 radical (unpaired) electrons. The first kappa shape index (κ1) is 26.2. The number of aryl methyl sites for hydroxylation is 2. The maximum atomic E-state index is 13.2. The second-order valence-electron chi connectivity index (χ2n) is 9.77. The van der Waals surface area contributed by atoms with E-state index < -0.39 is 0 Å². The number of hydrogen-bond donors (Lipinski definition) is 1. The lowest BCUT2D eigenvalue weighted by Crippen LogP contribution is -2.57. The fraction of sp³-hybridized carbons (Fsp3) is 0.333. The Hall–Kier alpha value is -4.40. The Kier molecular flexibility index (Phi) is 7.49. The van der Waals surface area contributed by atoms with Crippen molar-refractivity contribution in [2.75, 3.05) is 13.2 Å². The minimum atomic E-state index is -0.377. The maximum absolute atomic E-state index is 13.2. The zero-order valence-electron chi connectivity index (χ0n) is 22.4. The number of nitrogens with zero attached hydrogens (tertiary/aromatic N) is 4. The van der Waals surface area contributed by atoms with Gasteiger partial charge in [-0.1, -0.05) is 35.5 Å². The van der Waals surface area contributed by atoms with Gasteiger partial charge in [0.05, 0.1) is 18.5 Å². The average molecular weight is 527 g/mol.